The molecule has 0 bridgehead atoms. The fraction of sp³-hybridized carbons (Fsp3) is 1.00. The van der Waals surface area contributed by atoms with E-state index < -0.39 is 17.8 Å². The lowest BCUT2D eigenvalue weighted by atomic mass is 10.5. The Morgan fingerprint density at radius 1 is 1.20 bits per heavy atom. The SMILES string of the molecule is CC1O[SiH](C)OC(C)O[Si](C)(CCCOCC2CO2)O1. The molecule has 2 aliphatic heterocycles. The number of epoxide rings is 1. The zero-order chi connectivity index (χ0) is 14.6. The Labute approximate surface area is 123 Å². The number of hydrogen-bond acceptors (Lipinski definition) is 6. The monoisotopic (exact) mass is 322 g/mol. The highest BCUT2D eigenvalue weighted by Crippen LogP contribution is 2.24. The summed E-state index contributed by atoms with van der Waals surface area (Å²) < 4.78 is 34.2. The van der Waals surface area contributed by atoms with Gasteiger partial charge in [0, 0.05) is 6.61 Å². The van der Waals surface area contributed by atoms with Crippen molar-refractivity contribution in [1.29, 1.82) is 0 Å². The third kappa shape index (κ3) is 5.90. The van der Waals surface area contributed by atoms with Gasteiger partial charge in [0.05, 0.1) is 13.2 Å². The van der Waals surface area contributed by atoms with Gasteiger partial charge >= 0.3 is 17.8 Å². The van der Waals surface area contributed by atoms with Crippen molar-refractivity contribution in [3.05, 3.63) is 0 Å². The van der Waals surface area contributed by atoms with Crippen molar-refractivity contribution >= 4 is 17.8 Å². The van der Waals surface area contributed by atoms with E-state index in [0.29, 0.717) is 19.3 Å². The molecule has 3 unspecified atom stereocenters. The lowest BCUT2D eigenvalue weighted by Crippen LogP contribution is -2.49. The molecule has 20 heavy (non-hydrogen) atoms. The highest BCUT2D eigenvalue weighted by molar-refractivity contribution is 6.66. The van der Waals surface area contributed by atoms with Crippen LogP contribution in [0.4, 0.5) is 0 Å². The molecule has 0 spiro atoms. The van der Waals surface area contributed by atoms with E-state index in [-0.39, 0.29) is 12.6 Å². The first-order chi connectivity index (χ1) is 9.47. The molecule has 2 fully saturated rings. The summed E-state index contributed by atoms with van der Waals surface area (Å²) in [4.78, 5) is 0. The van der Waals surface area contributed by atoms with E-state index in [1.54, 1.807) is 0 Å². The van der Waals surface area contributed by atoms with Crippen molar-refractivity contribution in [3.63, 3.8) is 0 Å². The topological polar surface area (TPSA) is 58.7 Å². The summed E-state index contributed by atoms with van der Waals surface area (Å²) in [6.45, 7) is 10.1. The third-order valence-electron chi connectivity index (χ3n) is 3.22. The second-order valence-corrected chi connectivity index (χ2v) is 10.4. The van der Waals surface area contributed by atoms with Crippen LogP contribution in [0.3, 0.4) is 0 Å². The number of ether oxygens (including phenoxy) is 2. The van der Waals surface area contributed by atoms with Crippen LogP contribution in [0, 0.1) is 0 Å². The first-order valence-corrected chi connectivity index (χ1v) is 11.9. The average Bonchev–Trinajstić information content (AvgIpc) is 3.09. The van der Waals surface area contributed by atoms with Crippen LogP contribution < -0.4 is 0 Å². The fourth-order valence-corrected chi connectivity index (χ4v) is 6.42. The van der Waals surface area contributed by atoms with Gasteiger partial charge in [-0.05, 0) is 39.4 Å². The minimum Gasteiger partial charge on any atom is -0.379 e. The molecule has 2 rings (SSSR count). The molecule has 2 aliphatic rings. The van der Waals surface area contributed by atoms with Crippen LogP contribution in [0.2, 0.25) is 19.1 Å². The minimum atomic E-state index is -2.28. The molecule has 0 saturated carbocycles. The van der Waals surface area contributed by atoms with Crippen LogP contribution in [0.15, 0.2) is 0 Å². The Bertz CT molecular complexity index is 288. The summed E-state index contributed by atoms with van der Waals surface area (Å²) in [5.74, 6) is 0. The van der Waals surface area contributed by atoms with Gasteiger partial charge in [-0.2, -0.15) is 0 Å². The summed E-state index contributed by atoms with van der Waals surface area (Å²) in [7, 11) is -3.93. The van der Waals surface area contributed by atoms with Gasteiger partial charge in [0.1, 0.15) is 18.7 Å². The summed E-state index contributed by atoms with van der Waals surface area (Å²) in [6.07, 6.45) is 0.746. The minimum absolute atomic E-state index is 0.249. The molecule has 0 radical (unpaired) electrons. The second kappa shape index (κ2) is 7.45. The molecule has 2 saturated heterocycles. The summed E-state index contributed by atoms with van der Waals surface area (Å²) in [5, 5.41) is 0. The van der Waals surface area contributed by atoms with E-state index in [9.17, 15) is 0 Å². The lowest BCUT2D eigenvalue weighted by molar-refractivity contribution is -0.106. The zero-order valence-corrected chi connectivity index (χ0v) is 14.9. The largest absolute Gasteiger partial charge is 0.379 e. The van der Waals surface area contributed by atoms with Crippen molar-refractivity contribution in [2.45, 2.75) is 58.1 Å². The standard InChI is InChI=1S/C12H26O6Si2/c1-10-15-19(3)16-11(2)18-20(4,17-10)7-5-6-13-8-12-9-14-12/h10-12,19H,5-9H2,1-4H3. The van der Waals surface area contributed by atoms with Gasteiger partial charge in [0.15, 0.2) is 0 Å². The molecule has 0 aliphatic carbocycles. The molecule has 0 amide bonds. The second-order valence-electron chi connectivity index (χ2n) is 5.48. The molecule has 8 heteroatoms. The van der Waals surface area contributed by atoms with Gasteiger partial charge in [-0.1, -0.05) is 0 Å². The van der Waals surface area contributed by atoms with Gasteiger partial charge in [0.25, 0.3) is 0 Å². The molecule has 0 aromatic carbocycles. The third-order valence-corrected chi connectivity index (χ3v) is 7.68. The zero-order valence-electron chi connectivity index (χ0n) is 12.8. The first kappa shape index (κ1) is 16.6. The highest BCUT2D eigenvalue weighted by atomic mass is 28.4. The van der Waals surface area contributed by atoms with Crippen molar-refractivity contribution in [3.8, 4) is 0 Å². The van der Waals surface area contributed by atoms with Crippen LogP contribution in [0.5, 0.6) is 0 Å². The van der Waals surface area contributed by atoms with E-state index in [4.69, 9.17) is 27.2 Å². The molecule has 3 atom stereocenters. The van der Waals surface area contributed by atoms with Gasteiger partial charge in [-0.25, -0.2) is 0 Å². The summed E-state index contributed by atoms with van der Waals surface area (Å²) in [5.41, 5.74) is 0. The van der Waals surface area contributed by atoms with Crippen LogP contribution in [0.1, 0.15) is 20.3 Å². The lowest BCUT2D eigenvalue weighted by Gasteiger charge is -2.37. The summed E-state index contributed by atoms with van der Waals surface area (Å²) in [6, 6.07) is 0.871. The average molecular weight is 323 g/mol. The molecular weight excluding hydrogens is 296 g/mol. The summed E-state index contributed by atoms with van der Waals surface area (Å²) >= 11 is 0. The van der Waals surface area contributed by atoms with Crippen LogP contribution in [-0.4, -0.2) is 56.3 Å². The normalized spacial score (nSPS) is 42.0. The molecule has 118 valence electrons. The predicted octanol–water partition coefficient (Wildman–Crippen LogP) is 1.49. The van der Waals surface area contributed by atoms with Gasteiger partial charge < -0.3 is 27.2 Å². The van der Waals surface area contributed by atoms with E-state index in [2.05, 4.69) is 6.55 Å². The van der Waals surface area contributed by atoms with Gasteiger partial charge in [0.2, 0.25) is 0 Å². The van der Waals surface area contributed by atoms with Crippen molar-refractivity contribution < 1.29 is 27.2 Å². The number of hydrogen-bond donors (Lipinski definition) is 0. The molecule has 6 nitrogen and oxygen atoms in total. The molecule has 2 heterocycles. The Morgan fingerprint density at radius 2 is 1.80 bits per heavy atom. The van der Waals surface area contributed by atoms with Crippen molar-refractivity contribution in [2.24, 2.45) is 0 Å². The Balaban J connectivity index is 1.73. The predicted molar refractivity (Wildman–Crippen MR) is 77.9 cm³/mol. The van der Waals surface area contributed by atoms with Crippen molar-refractivity contribution in [1.82, 2.24) is 0 Å². The smallest absolute Gasteiger partial charge is 0.338 e. The van der Waals surface area contributed by atoms with E-state index in [0.717, 1.165) is 19.1 Å². The fourth-order valence-electron chi connectivity index (χ4n) is 2.35. The maximum atomic E-state index is 6.03. The maximum Gasteiger partial charge on any atom is 0.338 e. The van der Waals surface area contributed by atoms with Crippen LogP contribution >= 0.6 is 0 Å². The van der Waals surface area contributed by atoms with E-state index in [1.807, 2.05) is 20.4 Å². The molecular formula is C12H26O6Si2. The number of rotatable bonds is 6. The van der Waals surface area contributed by atoms with Crippen LogP contribution in [0.25, 0.3) is 0 Å². The first-order valence-electron chi connectivity index (χ1n) is 7.33. The Morgan fingerprint density at radius 3 is 2.35 bits per heavy atom. The Kier molecular flexibility index (Phi) is 6.17. The maximum absolute atomic E-state index is 6.03. The molecule has 0 aromatic rings. The molecule has 0 N–H and O–H groups in total. The molecule has 0 aromatic heterocycles. The quantitative estimate of drug-likeness (QED) is 0.419. The van der Waals surface area contributed by atoms with Crippen molar-refractivity contribution in [2.75, 3.05) is 19.8 Å². The Hall–Kier alpha value is 0.194. The highest BCUT2D eigenvalue weighted by Gasteiger charge is 2.38. The van der Waals surface area contributed by atoms with Crippen LogP contribution in [-0.2, 0) is 27.2 Å². The van der Waals surface area contributed by atoms with E-state index in [1.165, 1.54) is 0 Å². The van der Waals surface area contributed by atoms with E-state index >= 15 is 0 Å². The van der Waals surface area contributed by atoms with Gasteiger partial charge in [-0.15, -0.1) is 0 Å². The van der Waals surface area contributed by atoms with Gasteiger partial charge in [-0.3, -0.25) is 0 Å².